The van der Waals surface area contributed by atoms with Crippen molar-refractivity contribution in [3.05, 3.63) is 41.6 Å². The highest BCUT2D eigenvalue weighted by molar-refractivity contribution is 7.90. The summed E-state index contributed by atoms with van der Waals surface area (Å²) in [4.78, 5) is 11.8. The summed E-state index contributed by atoms with van der Waals surface area (Å²) in [6.45, 7) is -0.110. The summed E-state index contributed by atoms with van der Waals surface area (Å²) in [5, 5.41) is 7.05. The fourth-order valence-corrected chi connectivity index (χ4v) is 3.92. The Balaban J connectivity index is 2.06. The summed E-state index contributed by atoms with van der Waals surface area (Å²) in [5.41, 5.74) is 1.78. The number of amides is 1. The van der Waals surface area contributed by atoms with Crippen LogP contribution in [0.5, 0.6) is 0 Å². The predicted octanol–water partition coefficient (Wildman–Crippen LogP) is 0.886. The Hall–Kier alpha value is -2.19. The number of benzene rings is 1. The smallest absolute Gasteiger partial charge is 0.251 e. The fraction of sp³-hybridized carbons (Fsp3) is 0.286. The van der Waals surface area contributed by atoms with Gasteiger partial charge in [0.25, 0.3) is 5.91 Å². The highest BCUT2D eigenvalue weighted by atomic mass is 32.2. The molecule has 8 heteroatoms. The average Bonchev–Trinajstić information content (AvgIpc) is 2.93. The van der Waals surface area contributed by atoms with E-state index in [0.29, 0.717) is 17.1 Å². The van der Waals surface area contributed by atoms with Crippen molar-refractivity contribution in [2.24, 2.45) is 0 Å². The third-order valence-corrected chi connectivity index (χ3v) is 4.76. The Morgan fingerprint density at radius 3 is 2.73 bits per heavy atom. The van der Waals surface area contributed by atoms with E-state index in [1.165, 1.54) is 7.11 Å². The highest BCUT2D eigenvalue weighted by Gasteiger charge is 2.33. The lowest BCUT2D eigenvalue weighted by molar-refractivity contribution is -0.119. The molecule has 1 N–H and O–H groups in total. The quantitative estimate of drug-likeness (QED) is 0.903. The number of carbonyl (C=O) groups is 1. The molecule has 0 aliphatic carbocycles. The van der Waals surface area contributed by atoms with Crippen molar-refractivity contribution >= 4 is 21.6 Å². The second kappa shape index (κ2) is 5.54. The molecule has 3 rings (SSSR count). The number of fused-ring (bicyclic) bond motifs is 1. The van der Waals surface area contributed by atoms with Gasteiger partial charge >= 0.3 is 0 Å². The minimum absolute atomic E-state index is 0.102. The summed E-state index contributed by atoms with van der Waals surface area (Å²) in [6, 6.07) is 9.23. The van der Waals surface area contributed by atoms with Gasteiger partial charge in [0.05, 0.1) is 22.9 Å². The largest absolute Gasteiger partial charge is 0.375 e. The number of aromatic nitrogens is 2. The molecule has 2 aromatic rings. The fourth-order valence-electron chi connectivity index (χ4n) is 2.43. The van der Waals surface area contributed by atoms with Gasteiger partial charge in [-0.15, -0.1) is 0 Å². The van der Waals surface area contributed by atoms with E-state index in [9.17, 15) is 13.2 Å². The lowest BCUT2D eigenvalue weighted by atomic mass is 10.2. The third-order valence-electron chi connectivity index (χ3n) is 3.32. The molecule has 1 aliphatic rings. The second-order valence-electron chi connectivity index (χ2n) is 5.03. The van der Waals surface area contributed by atoms with Gasteiger partial charge in [-0.1, -0.05) is 18.2 Å². The predicted molar refractivity (Wildman–Crippen MR) is 80.4 cm³/mol. The molecule has 1 aliphatic heterocycles. The first-order chi connectivity index (χ1) is 10.5. The molecule has 0 unspecified atom stereocenters. The lowest BCUT2D eigenvalue weighted by Gasteiger charge is -2.10. The van der Waals surface area contributed by atoms with Gasteiger partial charge in [-0.05, 0) is 12.1 Å². The minimum Gasteiger partial charge on any atom is -0.375 e. The van der Waals surface area contributed by atoms with Gasteiger partial charge in [-0.25, -0.2) is 13.1 Å². The van der Waals surface area contributed by atoms with E-state index >= 15 is 0 Å². The molecule has 0 bridgehead atoms. The van der Waals surface area contributed by atoms with Gasteiger partial charge in [-0.2, -0.15) is 5.10 Å². The van der Waals surface area contributed by atoms with E-state index in [4.69, 9.17) is 4.74 Å². The summed E-state index contributed by atoms with van der Waals surface area (Å²) in [5.74, 6) is -0.177. The van der Waals surface area contributed by atoms with Crippen molar-refractivity contribution in [1.29, 1.82) is 0 Å². The van der Waals surface area contributed by atoms with Crippen LogP contribution >= 0.6 is 0 Å². The Morgan fingerprint density at radius 1 is 1.32 bits per heavy atom. The Kier molecular flexibility index (Phi) is 3.71. The summed E-state index contributed by atoms with van der Waals surface area (Å²) < 4.78 is 29.9. The van der Waals surface area contributed by atoms with Gasteiger partial charge in [0, 0.05) is 12.7 Å². The molecule has 2 heterocycles. The number of hydrogen-bond acceptors (Lipinski definition) is 5. The molecule has 1 amide bonds. The van der Waals surface area contributed by atoms with Crippen LogP contribution in [0.2, 0.25) is 0 Å². The zero-order valence-electron chi connectivity index (χ0n) is 11.9. The van der Waals surface area contributed by atoms with Crippen LogP contribution in [0.25, 0.3) is 5.69 Å². The molecule has 7 nitrogen and oxygen atoms in total. The van der Waals surface area contributed by atoms with E-state index in [1.807, 2.05) is 30.3 Å². The monoisotopic (exact) mass is 321 g/mol. The van der Waals surface area contributed by atoms with Crippen molar-refractivity contribution in [3.63, 3.8) is 0 Å². The summed E-state index contributed by atoms with van der Waals surface area (Å²) in [7, 11) is -1.77. The molecule has 1 aromatic carbocycles. The Morgan fingerprint density at radius 2 is 2.05 bits per heavy atom. The number of methoxy groups -OCH3 is 1. The van der Waals surface area contributed by atoms with E-state index in [0.717, 1.165) is 5.69 Å². The number of anilines is 1. The molecule has 0 atom stereocenters. The van der Waals surface area contributed by atoms with Crippen LogP contribution in [-0.2, 0) is 30.9 Å². The first-order valence-electron chi connectivity index (χ1n) is 6.65. The number of ether oxygens (including phenoxy) is 1. The topological polar surface area (TPSA) is 90.3 Å². The molecule has 116 valence electrons. The van der Waals surface area contributed by atoms with Crippen LogP contribution in [0.15, 0.2) is 30.3 Å². The SMILES string of the molecule is COCC(=O)Nc1c2c(nn1-c1ccccc1)CS(=O)(=O)C2. The maximum absolute atomic E-state index is 11.8. The Labute approximate surface area is 127 Å². The molecular weight excluding hydrogens is 306 g/mol. The first-order valence-corrected chi connectivity index (χ1v) is 8.48. The van der Waals surface area contributed by atoms with Crippen molar-refractivity contribution in [2.75, 3.05) is 19.0 Å². The molecule has 1 aromatic heterocycles. The molecule has 0 saturated carbocycles. The number of rotatable bonds is 4. The molecule has 22 heavy (non-hydrogen) atoms. The van der Waals surface area contributed by atoms with Crippen molar-refractivity contribution in [3.8, 4) is 5.69 Å². The van der Waals surface area contributed by atoms with Gasteiger partial charge in [0.15, 0.2) is 9.84 Å². The number of carbonyl (C=O) groups excluding carboxylic acids is 1. The van der Waals surface area contributed by atoms with Gasteiger partial charge in [0.2, 0.25) is 0 Å². The van der Waals surface area contributed by atoms with Gasteiger partial charge in [0.1, 0.15) is 12.4 Å². The van der Waals surface area contributed by atoms with Crippen LogP contribution in [0, 0.1) is 0 Å². The van der Waals surface area contributed by atoms with Gasteiger partial charge < -0.3 is 10.1 Å². The second-order valence-corrected chi connectivity index (χ2v) is 7.10. The average molecular weight is 321 g/mol. The summed E-state index contributed by atoms with van der Waals surface area (Å²) in [6.07, 6.45) is 0. The normalized spacial score (nSPS) is 15.5. The van der Waals surface area contributed by atoms with Crippen LogP contribution in [0.3, 0.4) is 0 Å². The van der Waals surface area contributed by atoms with Crippen molar-refractivity contribution in [1.82, 2.24) is 9.78 Å². The van der Waals surface area contributed by atoms with Crippen LogP contribution in [0.4, 0.5) is 5.82 Å². The van der Waals surface area contributed by atoms with E-state index < -0.39 is 9.84 Å². The maximum Gasteiger partial charge on any atom is 0.251 e. The number of nitrogens with zero attached hydrogens (tertiary/aromatic N) is 2. The number of para-hydroxylation sites is 1. The molecule has 0 saturated heterocycles. The number of nitrogens with one attached hydrogen (secondary N) is 1. The van der Waals surface area contributed by atoms with Gasteiger partial charge in [-0.3, -0.25) is 4.79 Å². The van der Waals surface area contributed by atoms with Crippen LogP contribution in [-0.4, -0.2) is 37.8 Å². The molecular formula is C14H15N3O4S. The van der Waals surface area contributed by atoms with E-state index in [2.05, 4.69) is 10.4 Å². The van der Waals surface area contributed by atoms with Crippen LogP contribution < -0.4 is 5.32 Å². The summed E-state index contributed by atoms with van der Waals surface area (Å²) >= 11 is 0. The lowest BCUT2D eigenvalue weighted by Crippen LogP contribution is -2.20. The maximum atomic E-state index is 11.8. The van der Waals surface area contributed by atoms with E-state index in [-0.39, 0.29) is 24.0 Å². The van der Waals surface area contributed by atoms with Crippen molar-refractivity contribution in [2.45, 2.75) is 11.5 Å². The first kappa shape index (κ1) is 14.7. The minimum atomic E-state index is -3.19. The molecule has 0 fully saturated rings. The highest BCUT2D eigenvalue weighted by Crippen LogP contribution is 2.32. The van der Waals surface area contributed by atoms with Crippen LogP contribution in [0.1, 0.15) is 11.3 Å². The third kappa shape index (κ3) is 2.75. The van der Waals surface area contributed by atoms with Crippen molar-refractivity contribution < 1.29 is 17.9 Å². The van der Waals surface area contributed by atoms with E-state index in [1.54, 1.807) is 4.68 Å². The molecule has 0 radical (unpaired) electrons. The zero-order chi connectivity index (χ0) is 15.7. The molecule has 0 spiro atoms. The standard InChI is InChI=1S/C14H15N3O4S/c1-21-7-13(18)15-14-11-8-22(19,20)9-12(11)16-17(14)10-5-3-2-4-6-10/h2-6H,7-9H2,1H3,(H,15,18). The number of hydrogen-bond donors (Lipinski definition) is 1. The zero-order valence-corrected chi connectivity index (χ0v) is 12.8. The number of sulfone groups is 1. The Bertz CT molecular complexity index is 812.